The standard InChI is InChI=1S/C22H31N5O2S.HI/c1-15-12-27(13-16(2)29-15)21(28)19-7-5-18(6-8-19)11-25-22(23-4)24-10-9-20-14-30-17(3)26-20;/h5-8,14-16H,9-13H2,1-4H3,(H2,23,24,25);1H. The monoisotopic (exact) mass is 557 g/mol. The fraction of sp³-hybridized carbons (Fsp3) is 0.500. The number of aliphatic imine (C=N–C) groups is 1. The Bertz CT molecular complexity index is 861. The minimum atomic E-state index is 0. The van der Waals surface area contributed by atoms with Gasteiger partial charge in [0.1, 0.15) is 0 Å². The number of ether oxygens (including phenoxy) is 1. The van der Waals surface area contributed by atoms with Crippen LogP contribution in [0.25, 0.3) is 0 Å². The highest BCUT2D eigenvalue weighted by Gasteiger charge is 2.26. The molecule has 2 atom stereocenters. The van der Waals surface area contributed by atoms with E-state index in [4.69, 9.17) is 4.74 Å². The lowest BCUT2D eigenvalue weighted by Crippen LogP contribution is -2.48. The molecule has 0 bridgehead atoms. The first-order chi connectivity index (χ1) is 14.4. The number of aromatic nitrogens is 1. The summed E-state index contributed by atoms with van der Waals surface area (Å²) in [5.74, 6) is 0.810. The second kappa shape index (κ2) is 12.4. The van der Waals surface area contributed by atoms with Gasteiger partial charge in [-0.25, -0.2) is 4.98 Å². The van der Waals surface area contributed by atoms with Gasteiger partial charge in [0, 0.05) is 50.6 Å². The molecule has 1 aromatic carbocycles. The van der Waals surface area contributed by atoms with Gasteiger partial charge in [0.15, 0.2) is 5.96 Å². The molecule has 1 aliphatic rings. The molecule has 2 aromatic rings. The number of guanidine groups is 1. The van der Waals surface area contributed by atoms with E-state index in [1.54, 1.807) is 18.4 Å². The zero-order chi connectivity index (χ0) is 21.5. The van der Waals surface area contributed by atoms with Gasteiger partial charge >= 0.3 is 0 Å². The van der Waals surface area contributed by atoms with Gasteiger partial charge in [-0.3, -0.25) is 9.79 Å². The minimum Gasteiger partial charge on any atom is -0.372 e. The summed E-state index contributed by atoms with van der Waals surface area (Å²) in [7, 11) is 1.76. The summed E-state index contributed by atoms with van der Waals surface area (Å²) in [5, 5.41) is 9.80. The maximum absolute atomic E-state index is 12.8. The van der Waals surface area contributed by atoms with Gasteiger partial charge in [0.2, 0.25) is 0 Å². The molecule has 0 radical (unpaired) electrons. The molecule has 2 unspecified atom stereocenters. The lowest BCUT2D eigenvalue weighted by atomic mass is 10.1. The van der Waals surface area contributed by atoms with E-state index in [2.05, 4.69) is 26.0 Å². The number of rotatable bonds is 6. The number of carbonyl (C=O) groups excluding carboxylic acids is 1. The smallest absolute Gasteiger partial charge is 0.254 e. The van der Waals surface area contributed by atoms with Crippen molar-refractivity contribution in [3.63, 3.8) is 0 Å². The summed E-state index contributed by atoms with van der Waals surface area (Å²) < 4.78 is 5.72. The van der Waals surface area contributed by atoms with E-state index in [1.165, 1.54) is 0 Å². The summed E-state index contributed by atoms with van der Waals surface area (Å²) in [6.07, 6.45) is 1.00. The molecule has 31 heavy (non-hydrogen) atoms. The Labute approximate surface area is 205 Å². The Hall–Kier alpha value is -1.72. The maximum Gasteiger partial charge on any atom is 0.254 e. The summed E-state index contributed by atoms with van der Waals surface area (Å²) in [5.41, 5.74) is 2.90. The Morgan fingerprint density at radius 2 is 1.90 bits per heavy atom. The predicted octanol–water partition coefficient (Wildman–Crippen LogP) is 3.23. The summed E-state index contributed by atoms with van der Waals surface area (Å²) in [4.78, 5) is 23.4. The molecule has 2 N–H and O–H groups in total. The third-order valence-corrected chi connectivity index (χ3v) is 5.75. The van der Waals surface area contributed by atoms with Crippen molar-refractivity contribution in [3.05, 3.63) is 51.5 Å². The second-order valence-electron chi connectivity index (χ2n) is 7.62. The van der Waals surface area contributed by atoms with Crippen LogP contribution in [-0.4, -0.2) is 60.6 Å². The Kier molecular flexibility index (Phi) is 10.2. The van der Waals surface area contributed by atoms with E-state index in [1.807, 2.05) is 49.9 Å². The number of morpholine rings is 1. The zero-order valence-electron chi connectivity index (χ0n) is 18.6. The van der Waals surface area contributed by atoms with Gasteiger partial charge < -0.3 is 20.3 Å². The first kappa shape index (κ1) is 25.5. The molecule has 1 amide bonds. The Morgan fingerprint density at radius 3 is 2.48 bits per heavy atom. The van der Waals surface area contributed by atoms with E-state index in [9.17, 15) is 4.79 Å². The number of aryl methyl sites for hydroxylation is 1. The van der Waals surface area contributed by atoms with Crippen molar-refractivity contribution in [1.82, 2.24) is 20.5 Å². The van der Waals surface area contributed by atoms with Gasteiger partial charge in [-0.2, -0.15) is 0 Å². The Morgan fingerprint density at radius 1 is 1.23 bits per heavy atom. The van der Waals surface area contributed by atoms with E-state index in [0.29, 0.717) is 25.2 Å². The SMILES string of the molecule is CN=C(NCCc1csc(C)n1)NCc1ccc(C(=O)N2CC(C)OC(C)C2)cc1.I. The van der Waals surface area contributed by atoms with Gasteiger partial charge in [-0.05, 0) is 38.5 Å². The number of hydrogen-bond donors (Lipinski definition) is 2. The van der Waals surface area contributed by atoms with Crippen LogP contribution in [0.2, 0.25) is 0 Å². The average Bonchev–Trinajstić information content (AvgIpc) is 3.14. The number of amides is 1. The fourth-order valence-electron chi connectivity index (χ4n) is 3.53. The summed E-state index contributed by atoms with van der Waals surface area (Å²) in [6, 6.07) is 7.76. The number of thiazole rings is 1. The average molecular weight is 558 g/mol. The maximum atomic E-state index is 12.8. The van der Waals surface area contributed by atoms with Crippen LogP contribution in [0.4, 0.5) is 0 Å². The molecule has 0 saturated carbocycles. The third kappa shape index (κ3) is 7.73. The number of nitrogens with one attached hydrogen (secondary N) is 2. The highest BCUT2D eigenvalue weighted by atomic mass is 127. The highest BCUT2D eigenvalue weighted by Crippen LogP contribution is 2.15. The van der Waals surface area contributed by atoms with Crippen LogP contribution < -0.4 is 10.6 Å². The van der Waals surface area contributed by atoms with Crippen LogP contribution in [-0.2, 0) is 17.7 Å². The van der Waals surface area contributed by atoms with Crippen LogP contribution in [0.1, 0.15) is 40.5 Å². The van der Waals surface area contributed by atoms with Crippen molar-refractivity contribution in [2.75, 3.05) is 26.7 Å². The Balaban J connectivity index is 0.00000341. The first-order valence-electron chi connectivity index (χ1n) is 10.3. The van der Waals surface area contributed by atoms with Crippen LogP contribution >= 0.6 is 35.3 Å². The lowest BCUT2D eigenvalue weighted by Gasteiger charge is -2.35. The molecule has 0 aliphatic carbocycles. The normalized spacial score (nSPS) is 19.0. The van der Waals surface area contributed by atoms with E-state index < -0.39 is 0 Å². The molecule has 2 heterocycles. The van der Waals surface area contributed by atoms with Gasteiger partial charge in [0.25, 0.3) is 5.91 Å². The summed E-state index contributed by atoms with van der Waals surface area (Å²) >= 11 is 1.67. The third-order valence-electron chi connectivity index (χ3n) is 4.93. The van der Waals surface area contributed by atoms with Crippen molar-refractivity contribution in [2.24, 2.45) is 4.99 Å². The van der Waals surface area contributed by atoms with E-state index in [0.717, 1.165) is 35.2 Å². The van der Waals surface area contributed by atoms with Gasteiger partial charge in [0.05, 0.1) is 22.9 Å². The fourth-order valence-corrected chi connectivity index (χ4v) is 4.18. The number of benzene rings is 1. The molecule has 1 aliphatic heterocycles. The van der Waals surface area contributed by atoms with Crippen molar-refractivity contribution in [3.8, 4) is 0 Å². The van der Waals surface area contributed by atoms with Crippen LogP contribution in [0, 0.1) is 6.92 Å². The molecule has 170 valence electrons. The molecule has 1 fully saturated rings. The van der Waals surface area contributed by atoms with Crippen LogP contribution in [0.5, 0.6) is 0 Å². The predicted molar refractivity (Wildman–Crippen MR) is 137 cm³/mol. The molecule has 1 aromatic heterocycles. The second-order valence-corrected chi connectivity index (χ2v) is 8.69. The lowest BCUT2D eigenvalue weighted by molar-refractivity contribution is -0.0586. The van der Waals surface area contributed by atoms with Gasteiger partial charge in [-0.15, -0.1) is 35.3 Å². The van der Waals surface area contributed by atoms with Crippen molar-refractivity contribution < 1.29 is 9.53 Å². The van der Waals surface area contributed by atoms with Gasteiger partial charge in [-0.1, -0.05) is 12.1 Å². The zero-order valence-corrected chi connectivity index (χ0v) is 21.7. The van der Waals surface area contributed by atoms with E-state index >= 15 is 0 Å². The first-order valence-corrected chi connectivity index (χ1v) is 11.2. The quantitative estimate of drug-likeness (QED) is 0.324. The van der Waals surface area contributed by atoms with Crippen LogP contribution in [0.3, 0.4) is 0 Å². The molecule has 7 nitrogen and oxygen atoms in total. The molecule has 3 rings (SSSR count). The molecule has 0 spiro atoms. The van der Waals surface area contributed by atoms with Crippen molar-refractivity contribution in [1.29, 1.82) is 0 Å². The molecular formula is C22H32IN5O2S. The molecular weight excluding hydrogens is 525 g/mol. The van der Waals surface area contributed by atoms with Crippen LogP contribution in [0.15, 0.2) is 34.6 Å². The van der Waals surface area contributed by atoms with Crippen molar-refractivity contribution in [2.45, 2.75) is 45.9 Å². The largest absolute Gasteiger partial charge is 0.372 e. The number of nitrogens with zero attached hydrogens (tertiary/aromatic N) is 3. The van der Waals surface area contributed by atoms with Crippen molar-refractivity contribution >= 4 is 47.2 Å². The molecule has 1 saturated heterocycles. The number of halogens is 1. The minimum absolute atomic E-state index is 0. The highest BCUT2D eigenvalue weighted by molar-refractivity contribution is 14.0. The number of carbonyl (C=O) groups is 1. The molecule has 9 heteroatoms. The summed E-state index contributed by atoms with van der Waals surface area (Å²) in [6.45, 7) is 8.70. The topological polar surface area (TPSA) is 78.8 Å². The van der Waals surface area contributed by atoms with E-state index in [-0.39, 0.29) is 42.1 Å². The number of hydrogen-bond acceptors (Lipinski definition) is 5.